The summed E-state index contributed by atoms with van der Waals surface area (Å²) < 4.78 is 5.15. The summed E-state index contributed by atoms with van der Waals surface area (Å²) in [6.07, 6.45) is 1.52. The molecular formula is C23H19Cl2N3O4. The predicted molar refractivity (Wildman–Crippen MR) is 122 cm³/mol. The van der Waals surface area contributed by atoms with E-state index in [0.717, 1.165) is 5.56 Å². The average molecular weight is 472 g/mol. The van der Waals surface area contributed by atoms with Gasteiger partial charge in [-0.2, -0.15) is 0 Å². The Kier molecular flexibility index (Phi) is 8.19. The predicted octanol–water partition coefficient (Wildman–Crippen LogP) is 3.91. The van der Waals surface area contributed by atoms with Crippen LogP contribution >= 0.6 is 23.2 Å². The first-order chi connectivity index (χ1) is 15.4. The van der Waals surface area contributed by atoms with Crippen molar-refractivity contribution in [3.63, 3.8) is 0 Å². The number of benzene rings is 2. The van der Waals surface area contributed by atoms with Crippen LogP contribution in [-0.4, -0.2) is 35.4 Å². The Balaban J connectivity index is 1.64. The van der Waals surface area contributed by atoms with Crippen molar-refractivity contribution >= 4 is 46.8 Å². The molecule has 0 bridgehead atoms. The second-order valence-electron chi connectivity index (χ2n) is 6.72. The Bertz CT molecular complexity index is 1090. The summed E-state index contributed by atoms with van der Waals surface area (Å²) in [6, 6.07) is 18.1. The van der Waals surface area contributed by atoms with E-state index >= 15 is 0 Å². The highest BCUT2D eigenvalue weighted by Crippen LogP contribution is 2.22. The number of nitrogens with zero attached hydrogens (tertiary/aromatic N) is 1. The molecule has 32 heavy (non-hydrogen) atoms. The van der Waals surface area contributed by atoms with Crippen LogP contribution < -0.4 is 10.6 Å². The Labute approximate surface area is 194 Å². The fourth-order valence-electron chi connectivity index (χ4n) is 2.79. The number of rotatable bonds is 8. The first-order valence-electron chi connectivity index (χ1n) is 9.60. The Morgan fingerprint density at radius 2 is 1.62 bits per heavy atom. The molecule has 2 aromatic carbocycles. The first kappa shape index (κ1) is 23.2. The van der Waals surface area contributed by atoms with Crippen LogP contribution in [0, 0.1) is 0 Å². The molecule has 0 unspecified atom stereocenters. The third-order valence-corrected chi connectivity index (χ3v) is 4.81. The molecule has 0 saturated heterocycles. The van der Waals surface area contributed by atoms with Gasteiger partial charge in [0.1, 0.15) is 6.04 Å². The molecule has 0 saturated carbocycles. The van der Waals surface area contributed by atoms with Gasteiger partial charge in [0, 0.05) is 18.2 Å². The molecule has 0 spiro atoms. The van der Waals surface area contributed by atoms with E-state index in [1.54, 1.807) is 30.3 Å². The van der Waals surface area contributed by atoms with E-state index in [0.29, 0.717) is 10.6 Å². The zero-order valence-electron chi connectivity index (χ0n) is 16.8. The molecule has 3 aromatic rings. The van der Waals surface area contributed by atoms with E-state index in [1.165, 1.54) is 12.3 Å². The van der Waals surface area contributed by atoms with E-state index in [4.69, 9.17) is 27.9 Å². The van der Waals surface area contributed by atoms with Gasteiger partial charge >= 0.3 is 5.97 Å². The van der Waals surface area contributed by atoms with Gasteiger partial charge in [0.25, 0.3) is 11.8 Å². The third-order valence-electron chi connectivity index (χ3n) is 4.32. The Morgan fingerprint density at radius 1 is 0.969 bits per heavy atom. The first-order valence-corrected chi connectivity index (χ1v) is 10.4. The summed E-state index contributed by atoms with van der Waals surface area (Å²) in [5.74, 6) is -1.72. The number of aromatic nitrogens is 1. The van der Waals surface area contributed by atoms with Crippen molar-refractivity contribution in [2.75, 3.05) is 11.9 Å². The van der Waals surface area contributed by atoms with Crippen molar-refractivity contribution in [3.8, 4) is 0 Å². The Morgan fingerprint density at radius 3 is 2.28 bits per heavy atom. The lowest BCUT2D eigenvalue weighted by atomic mass is 10.1. The molecule has 1 atom stereocenters. The van der Waals surface area contributed by atoms with Crippen LogP contribution in [0.15, 0.2) is 72.9 Å². The number of nitrogens with one attached hydrogen (secondary N) is 2. The highest BCUT2D eigenvalue weighted by atomic mass is 35.5. The molecule has 0 aliphatic rings. The standard InChI is InChI=1S/C23H19Cl2N3O4/c24-17-12-18(25)21(26-13-17)28-20(29)14-32-23(31)19(11-15-7-3-1-4-8-15)27-22(30)16-9-5-2-6-10-16/h1-10,12-13,19H,11,14H2,(H,27,30)(H,26,28,29)/t19-/m0/s1. The molecule has 3 rings (SSSR count). The molecule has 9 heteroatoms. The summed E-state index contributed by atoms with van der Waals surface area (Å²) in [5, 5.41) is 5.58. The molecule has 164 valence electrons. The lowest BCUT2D eigenvalue weighted by Crippen LogP contribution is -2.44. The van der Waals surface area contributed by atoms with Gasteiger partial charge in [-0.05, 0) is 23.8 Å². The highest BCUT2D eigenvalue weighted by molar-refractivity contribution is 6.36. The minimum Gasteiger partial charge on any atom is -0.454 e. The highest BCUT2D eigenvalue weighted by Gasteiger charge is 2.24. The van der Waals surface area contributed by atoms with Crippen molar-refractivity contribution in [1.82, 2.24) is 10.3 Å². The van der Waals surface area contributed by atoms with E-state index in [-0.39, 0.29) is 17.3 Å². The lowest BCUT2D eigenvalue weighted by Gasteiger charge is -2.18. The minimum absolute atomic E-state index is 0.0929. The smallest absolute Gasteiger partial charge is 0.329 e. The van der Waals surface area contributed by atoms with Crippen LogP contribution in [0.5, 0.6) is 0 Å². The largest absolute Gasteiger partial charge is 0.454 e. The van der Waals surface area contributed by atoms with Crippen LogP contribution in [0.25, 0.3) is 0 Å². The maximum absolute atomic E-state index is 12.7. The molecule has 0 aliphatic heterocycles. The zero-order valence-corrected chi connectivity index (χ0v) is 18.3. The van der Waals surface area contributed by atoms with Gasteiger partial charge in [-0.1, -0.05) is 71.7 Å². The van der Waals surface area contributed by atoms with E-state index in [9.17, 15) is 14.4 Å². The van der Waals surface area contributed by atoms with Crippen LogP contribution in [0.3, 0.4) is 0 Å². The van der Waals surface area contributed by atoms with E-state index in [1.807, 2.05) is 30.3 Å². The number of hydrogen-bond donors (Lipinski definition) is 2. The maximum Gasteiger partial charge on any atom is 0.329 e. The number of ether oxygens (including phenoxy) is 1. The van der Waals surface area contributed by atoms with Crippen molar-refractivity contribution in [2.45, 2.75) is 12.5 Å². The topological polar surface area (TPSA) is 97.4 Å². The quantitative estimate of drug-likeness (QED) is 0.485. The third kappa shape index (κ3) is 6.80. The summed E-state index contributed by atoms with van der Waals surface area (Å²) in [5.41, 5.74) is 1.23. The fourth-order valence-corrected chi connectivity index (χ4v) is 3.21. The average Bonchev–Trinajstić information content (AvgIpc) is 2.80. The normalized spacial score (nSPS) is 11.3. The molecule has 0 radical (unpaired) electrons. The van der Waals surface area contributed by atoms with Gasteiger partial charge in [0.15, 0.2) is 12.4 Å². The maximum atomic E-state index is 12.7. The van der Waals surface area contributed by atoms with E-state index in [2.05, 4.69) is 15.6 Å². The fraction of sp³-hybridized carbons (Fsp3) is 0.130. The second kappa shape index (κ2) is 11.3. The number of carbonyl (C=O) groups excluding carboxylic acids is 3. The summed E-state index contributed by atoms with van der Waals surface area (Å²) in [6.45, 7) is -0.577. The molecule has 0 aliphatic carbocycles. The number of amides is 2. The monoisotopic (exact) mass is 471 g/mol. The molecule has 1 aromatic heterocycles. The summed E-state index contributed by atoms with van der Waals surface area (Å²) in [7, 11) is 0. The van der Waals surface area contributed by atoms with Crippen LogP contribution in [0.1, 0.15) is 15.9 Å². The number of esters is 1. The van der Waals surface area contributed by atoms with Gasteiger partial charge in [-0.3, -0.25) is 9.59 Å². The van der Waals surface area contributed by atoms with Gasteiger partial charge in [0.2, 0.25) is 0 Å². The van der Waals surface area contributed by atoms with Crippen molar-refractivity contribution in [2.24, 2.45) is 0 Å². The van der Waals surface area contributed by atoms with Crippen molar-refractivity contribution in [3.05, 3.63) is 94.1 Å². The van der Waals surface area contributed by atoms with Crippen molar-refractivity contribution < 1.29 is 19.1 Å². The van der Waals surface area contributed by atoms with E-state index < -0.39 is 30.4 Å². The summed E-state index contributed by atoms with van der Waals surface area (Å²) in [4.78, 5) is 41.4. The molecule has 0 fully saturated rings. The van der Waals surface area contributed by atoms with Gasteiger partial charge in [-0.15, -0.1) is 0 Å². The number of halogens is 2. The molecular weight excluding hydrogens is 453 g/mol. The molecule has 2 N–H and O–H groups in total. The van der Waals surface area contributed by atoms with Crippen molar-refractivity contribution in [1.29, 1.82) is 0 Å². The minimum atomic E-state index is -0.991. The molecule has 1 heterocycles. The second-order valence-corrected chi connectivity index (χ2v) is 7.57. The van der Waals surface area contributed by atoms with Crippen LogP contribution in [0.4, 0.5) is 5.82 Å². The zero-order chi connectivity index (χ0) is 22.9. The number of pyridine rings is 1. The molecule has 2 amide bonds. The SMILES string of the molecule is O=C(COC(=O)[C@H](Cc1ccccc1)NC(=O)c1ccccc1)Nc1ncc(Cl)cc1Cl. The summed E-state index contributed by atoms with van der Waals surface area (Å²) >= 11 is 11.8. The Hall–Kier alpha value is -3.42. The van der Waals surface area contributed by atoms with Crippen LogP contribution in [0.2, 0.25) is 10.0 Å². The lowest BCUT2D eigenvalue weighted by molar-refractivity contribution is -0.149. The van der Waals surface area contributed by atoms with Gasteiger partial charge in [-0.25, -0.2) is 9.78 Å². The van der Waals surface area contributed by atoms with Gasteiger partial charge in [0.05, 0.1) is 10.0 Å². The number of anilines is 1. The van der Waals surface area contributed by atoms with Gasteiger partial charge < -0.3 is 15.4 Å². The number of hydrogen-bond acceptors (Lipinski definition) is 5. The van der Waals surface area contributed by atoms with Crippen LogP contribution in [-0.2, 0) is 20.7 Å². The molecule has 7 nitrogen and oxygen atoms in total. The number of carbonyl (C=O) groups is 3.